The fourth-order valence-electron chi connectivity index (χ4n) is 1.72. The molecule has 2 aromatic rings. The molecule has 0 atom stereocenters. The van der Waals surface area contributed by atoms with E-state index in [4.69, 9.17) is 5.73 Å². The van der Waals surface area contributed by atoms with E-state index < -0.39 is 11.6 Å². The number of nitrogens with two attached hydrogens (primary N) is 1. The third-order valence-corrected chi connectivity index (χ3v) is 2.35. The van der Waals surface area contributed by atoms with Gasteiger partial charge in [-0.05, 0) is 5.92 Å². The van der Waals surface area contributed by atoms with Crippen LogP contribution in [0, 0.1) is 17.6 Å². The largest absolute Gasteiger partial charge is 0.369 e. The highest BCUT2D eigenvalue weighted by Gasteiger charge is 2.14. The van der Waals surface area contributed by atoms with Crippen LogP contribution in [0.3, 0.4) is 0 Å². The molecule has 16 heavy (non-hydrogen) atoms. The Balaban J connectivity index is 2.68. The summed E-state index contributed by atoms with van der Waals surface area (Å²) in [6, 6.07) is 2.07. The van der Waals surface area contributed by atoms with Crippen molar-refractivity contribution in [2.75, 3.05) is 5.73 Å². The summed E-state index contributed by atoms with van der Waals surface area (Å²) in [5.74, 6) is -0.752. The first-order valence-electron chi connectivity index (χ1n) is 5.09. The van der Waals surface area contributed by atoms with Crippen LogP contribution < -0.4 is 5.73 Å². The Morgan fingerprint density at radius 2 is 2.06 bits per heavy atom. The monoisotopic (exact) mass is 225 g/mol. The number of rotatable bonds is 2. The maximum absolute atomic E-state index is 13.4. The molecule has 0 radical (unpaired) electrons. The zero-order chi connectivity index (χ0) is 11.9. The smallest absolute Gasteiger partial charge is 0.201 e. The van der Waals surface area contributed by atoms with E-state index in [1.807, 2.05) is 13.8 Å². The van der Waals surface area contributed by atoms with E-state index in [-0.39, 0.29) is 11.5 Å². The Labute approximate surface area is 91.9 Å². The zero-order valence-corrected chi connectivity index (χ0v) is 9.17. The van der Waals surface area contributed by atoms with E-state index in [0.717, 1.165) is 6.07 Å². The van der Waals surface area contributed by atoms with Crippen LogP contribution in [-0.4, -0.2) is 9.55 Å². The van der Waals surface area contributed by atoms with E-state index in [0.29, 0.717) is 18.0 Å². The SMILES string of the molecule is CC(C)Cn1c(N)nc2c(F)cc(F)cc21. The third kappa shape index (κ3) is 1.73. The number of halogens is 2. The summed E-state index contributed by atoms with van der Waals surface area (Å²) < 4.78 is 28.1. The summed E-state index contributed by atoms with van der Waals surface area (Å²) in [7, 11) is 0. The first-order chi connectivity index (χ1) is 7.49. The van der Waals surface area contributed by atoms with Crippen molar-refractivity contribution in [2.45, 2.75) is 20.4 Å². The van der Waals surface area contributed by atoms with Crippen LogP contribution in [0.2, 0.25) is 0 Å². The topological polar surface area (TPSA) is 43.8 Å². The number of benzene rings is 1. The van der Waals surface area contributed by atoms with Crippen LogP contribution in [-0.2, 0) is 6.54 Å². The Bertz CT molecular complexity index is 531. The number of nitrogens with zero attached hydrogens (tertiary/aromatic N) is 2. The predicted octanol–water partition coefficient (Wildman–Crippen LogP) is 2.55. The van der Waals surface area contributed by atoms with E-state index in [9.17, 15) is 8.78 Å². The molecular formula is C11H13F2N3. The first kappa shape index (κ1) is 10.9. The second kappa shape index (κ2) is 3.73. The van der Waals surface area contributed by atoms with Gasteiger partial charge in [-0.3, -0.25) is 0 Å². The van der Waals surface area contributed by atoms with Gasteiger partial charge in [0.25, 0.3) is 0 Å². The van der Waals surface area contributed by atoms with Gasteiger partial charge in [0.1, 0.15) is 11.3 Å². The standard InChI is InChI=1S/C11H13F2N3/c1-6(2)5-16-9-4-7(12)3-8(13)10(9)15-11(16)14/h3-4,6H,5H2,1-2H3,(H2,14,15). The number of imidazole rings is 1. The number of anilines is 1. The summed E-state index contributed by atoms with van der Waals surface area (Å²) >= 11 is 0. The molecule has 1 heterocycles. The fraction of sp³-hybridized carbons (Fsp3) is 0.364. The first-order valence-corrected chi connectivity index (χ1v) is 5.09. The molecule has 0 spiro atoms. The highest BCUT2D eigenvalue weighted by atomic mass is 19.1. The van der Waals surface area contributed by atoms with Crippen molar-refractivity contribution >= 4 is 17.0 Å². The lowest BCUT2D eigenvalue weighted by Crippen LogP contribution is -2.07. The van der Waals surface area contributed by atoms with Crippen molar-refractivity contribution in [1.29, 1.82) is 0 Å². The van der Waals surface area contributed by atoms with E-state index in [1.54, 1.807) is 4.57 Å². The number of hydrogen-bond donors (Lipinski definition) is 1. The zero-order valence-electron chi connectivity index (χ0n) is 9.17. The minimum Gasteiger partial charge on any atom is -0.369 e. The predicted molar refractivity (Wildman–Crippen MR) is 58.9 cm³/mol. The summed E-state index contributed by atoms with van der Waals surface area (Å²) in [5.41, 5.74) is 6.21. The number of fused-ring (bicyclic) bond motifs is 1. The van der Waals surface area contributed by atoms with Crippen molar-refractivity contribution < 1.29 is 8.78 Å². The lowest BCUT2D eigenvalue weighted by Gasteiger charge is -2.08. The van der Waals surface area contributed by atoms with Crippen LogP contribution in [0.1, 0.15) is 13.8 Å². The Morgan fingerprint density at radius 3 is 2.69 bits per heavy atom. The number of nitrogen functional groups attached to an aromatic ring is 1. The Morgan fingerprint density at radius 1 is 1.38 bits per heavy atom. The molecule has 0 fully saturated rings. The maximum Gasteiger partial charge on any atom is 0.201 e. The van der Waals surface area contributed by atoms with E-state index in [1.165, 1.54) is 6.07 Å². The van der Waals surface area contributed by atoms with Gasteiger partial charge < -0.3 is 10.3 Å². The lowest BCUT2D eigenvalue weighted by molar-refractivity contribution is 0.536. The van der Waals surface area contributed by atoms with Crippen molar-refractivity contribution in [2.24, 2.45) is 5.92 Å². The van der Waals surface area contributed by atoms with Gasteiger partial charge in [-0.1, -0.05) is 13.8 Å². The fourth-order valence-corrected chi connectivity index (χ4v) is 1.72. The lowest BCUT2D eigenvalue weighted by atomic mass is 10.2. The highest BCUT2D eigenvalue weighted by molar-refractivity contribution is 5.79. The van der Waals surface area contributed by atoms with Crippen LogP contribution >= 0.6 is 0 Å². The Kier molecular flexibility index (Phi) is 2.53. The van der Waals surface area contributed by atoms with Gasteiger partial charge in [0.05, 0.1) is 5.52 Å². The molecule has 2 rings (SSSR count). The molecule has 0 aliphatic carbocycles. The molecule has 5 heteroatoms. The van der Waals surface area contributed by atoms with Crippen molar-refractivity contribution in [3.05, 3.63) is 23.8 Å². The maximum atomic E-state index is 13.4. The third-order valence-electron chi connectivity index (χ3n) is 2.35. The minimum absolute atomic E-state index is 0.125. The van der Waals surface area contributed by atoms with Gasteiger partial charge in [-0.2, -0.15) is 0 Å². The van der Waals surface area contributed by atoms with Gasteiger partial charge in [0.2, 0.25) is 5.95 Å². The minimum atomic E-state index is -0.677. The molecule has 0 unspecified atom stereocenters. The molecule has 3 nitrogen and oxygen atoms in total. The van der Waals surface area contributed by atoms with Gasteiger partial charge in [-0.25, -0.2) is 13.8 Å². The van der Waals surface area contributed by atoms with Gasteiger partial charge in [-0.15, -0.1) is 0 Å². The van der Waals surface area contributed by atoms with Crippen LogP contribution in [0.5, 0.6) is 0 Å². The second-order valence-corrected chi connectivity index (χ2v) is 4.23. The van der Waals surface area contributed by atoms with Gasteiger partial charge in [0, 0.05) is 18.7 Å². The number of hydrogen-bond acceptors (Lipinski definition) is 2. The van der Waals surface area contributed by atoms with Crippen LogP contribution in [0.15, 0.2) is 12.1 Å². The van der Waals surface area contributed by atoms with E-state index in [2.05, 4.69) is 4.98 Å². The van der Waals surface area contributed by atoms with Crippen molar-refractivity contribution in [3.8, 4) is 0 Å². The Hall–Kier alpha value is -1.65. The van der Waals surface area contributed by atoms with Crippen molar-refractivity contribution in [3.63, 3.8) is 0 Å². The second-order valence-electron chi connectivity index (χ2n) is 4.23. The van der Waals surface area contributed by atoms with Gasteiger partial charge in [0.15, 0.2) is 5.82 Å². The summed E-state index contributed by atoms with van der Waals surface area (Å²) in [6.45, 7) is 4.59. The van der Waals surface area contributed by atoms with E-state index >= 15 is 0 Å². The van der Waals surface area contributed by atoms with Crippen LogP contribution in [0.4, 0.5) is 14.7 Å². The average Bonchev–Trinajstić information content (AvgIpc) is 2.45. The summed E-state index contributed by atoms with van der Waals surface area (Å²) in [6.07, 6.45) is 0. The quantitative estimate of drug-likeness (QED) is 0.853. The highest BCUT2D eigenvalue weighted by Crippen LogP contribution is 2.23. The molecular weight excluding hydrogens is 212 g/mol. The molecule has 0 saturated heterocycles. The normalized spacial score (nSPS) is 11.6. The van der Waals surface area contributed by atoms with Crippen molar-refractivity contribution in [1.82, 2.24) is 9.55 Å². The molecule has 86 valence electrons. The molecule has 2 N–H and O–H groups in total. The molecule has 0 aliphatic heterocycles. The summed E-state index contributed by atoms with van der Waals surface area (Å²) in [5, 5.41) is 0. The molecule has 0 bridgehead atoms. The van der Waals surface area contributed by atoms with Gasteiger partial charge >= 0.3 is 0 Å². The average molecular weight is 225 g/mol. The molecule has 0 aliphatic rings. The summed E-state index contributed by atoms with van der Waals surface area (Å²) in [4.78, 5) is 3.91. The number of aromatic nitrogens is 2. The molecule has 1 aromatic heterocycles. The van der Waals surface area contributed by atoms with Crippen LogP contribution in [0.25, 0.3) is 11.0 Å². The molecule has 0 amide bonds. The molecule has 0 saturated carbocycles. The molecule has 1 aromatic carbocycles.